The zero-order chi connectivity index (χ0) is 16.5. The first-order valence-electron chi connectivity index (χ1n) is 7.99. The second kappa shape index (κ2) is 6.17. The van der Waals surface area contributed by atoms with Crippen molar-refractivity contribution in [3.05, 3.63) is 35.9 Å². The number of alkyl halides is 2. The van der Waals surface area contributed by atoms with Gasteiger partial charge in [-0.1, -0.05) is 30.3 Å². The van der Waals surface area contributed by atoms with Crippen LogP contribution in [0.3, 0.4) is 0 Å². The number of rotatable bonds is 5. The van der Waals surface area contributed by atoms with Gasteiger partial charge in [0.15, 0.2) is 0 Å². The van der Waals surface area contributed by atoms with Gasteiger partial charge in [0.2, 0.25) is 0 Å². The summed E-state index contributed by atoms with van der Waals surface area (Å²) < 4.78 is 33.8. The molecule has 1 aliphatic heterocycles. The lowest BCUT2D eigenvalue weighted by Gasteiger charge is -2.41. The Morgan fingerprint density at radius 1 is 1.35 bits per heavy atom. The van der Waals surface area contributed by atoms with E-state index in [0.717, 1.165) is 5.56 Å². The molecule has 23 heavy (non-hydrogen) atoms. The molecule has 2 unspecified atom stereocenters. The minimum Gasteiger partial charge on any atom is -0.383 e. The predicted molar refractivity (Wildman–Crippen MR) is 80.0 cm³/mol. The van der Waals surface area contributed by atoms with Crippen LogP contribution in [0.15, 0.2) is 30.3 Å². The van der Waals surface area contributed by atoms with Gasteiger partial charge in [-0.25, -0.2) is 0 Å². The standard InChI is InChI=1S/C17H21F2NO3/c18-17(19,16(22)8-4-9-16)15(21)20-11-13-7-10-23-14(13)12-5-2-1-3-6-12/h1-3,5-6,13-14,22H,4,7-11H2,(H,20,21). The molecule has 4 nitrogen and oxygen atoms in total. The fourth-order valence-corrected chi connectivity index (χ4v) is 3.23. The quantitative estimate of drug-likeness (QED) is 0.874. The second-order valence-electron chi connectivity index (χ2n) is 6.42. The van der Waals surface area contributed by atoms with E-state index in [2.05, 4.69) is 5.32 Å². The minimum atomic E-state index is -3.74. The molecule has 126 valence electrons. The van der Waals surface area contributed by atoms with Crippen LogP contribution in [0.4, 0.5) is 8.78 Å². The molecule has 1 saturated heterocycles. The molecule has 0 aromatic heterocycles. The molecule has 2 N–H and O–H groups in total. The van der Waals surface area contributed by atoms with E-state index in [1.54, 1.807) is 0 Å². The van der Waals surface area contributed by atoms with Gasteiger partial charge in [0.25, 0.3) is 5.91 Å². The Morgan fingerprint density at radius 2 is 2.04 bits per heavy atom. The normalized spacial score (nSPS) is 26.6. The van der Waals surface area contributed by atoms with E-state index in [1.807, 2.05) is 30.3 Å². The van der Waals surface area contributed by atoms with Gasteiger partial charge in [0.05, 0.1) is 6.10 Å². The van der Waals surface area contributed by atoms with E-state index in [1.165, 1.54) is 0 Å². The van der Waals surface area contributed by atoms with Gasteiger partial charge in [-0.05, 0) is 31.2 Å². The van der Waals surface area contributed by atoms with Crippen molar-refractivity contribution in [2.45, 2.75) is 43.3 Å². The lowest BCUT2D eigenvalue weighted by molar-refractivity contribution is -0.216. The number of benzene rings is 1. The molecule has 2 aliphatic rings. The Hall–Kier alpha value is -1.53. The topological polar surface area (TPSA) is 58.6 Å². The van der Waals surface area contributed by atoms with E-state index in [4.69, 9.17) is 4.74 Å². The van der Waals surface area contributed by atoms with Gasteiger partial charge < -0.3 is 15.2 Å². The third kappa shape index (κ3) is 2.97. The van der Waals surface area contributed by atoms with Crippen LogP contribution in [-0.4, -0.2) is 35.7 Å². The first-order chi connectivity index (χ1) is 10.9. The Labute approximate surface area is 133 Å². The van der Waals surface area contributed by atoms with Crippen LogP contribution in [0, 0.1) is 5.92 Å². The molecular formula is C17H21F2NO3. The summed E-state index contributed by atoms with van der Waals surface area (Å²) in [5, 5.41) is 12.1. The highest BCUT2D eigenvalue weighted by Crippen LogP contribution is 2.44. The Balaban J connectivity index is 1.60. The first-order valence-corrected chi connectivity index (χ1v) is 7.99. The summed E-state index contributed by atoms with van der Waals surface area (Å²) in [4.78, 5) is 11.8. The second-order valence-corrected chi connectivity index (χ2v) is 6.42. The highest BCUT2D eigenvalue weighted by atomic mass is 19.3. The molecule has 0 bridgehead atoms. The van der Waals surface area contributed by atoms with Crippen LogP contribution in [0.1, 0.15) is 37.4 Å². The predicted octanol–water partition coefficient (Wildman–Crippen LogP) is 2.43. The van der Waals surface area contributed by atoms with Gasteiger partial charge in [0.1, 0.15) is 5.60 Å². The molecule has 1 aromatic carbocycles. The lowest BCUT2D eigenvalue weighted by atomic mass is 9.75. The maximum absolute atomic E-state index is 14.0. The van der Waals surface area contributed by atoms with Gasteiger partial charge in [-0.15, -0.1) is 0 Å². The highest BCUT2D eigenvalue weighted by Gasteiger charge is 2.61. The number of amides is 1. The Morgan fingerprint density at radius 3 is 2.65 bits per heavy atom. The van der Waals surface area contributed by atoms with Crippen LogP contribution in [-0.2, 0) is 9.53 Å². The number of aliphatic hydroxyl groups is 1. The molecule has 1 aromatic rings. The molecule has 1 saturated carbocycles. The van der Waals surface area contributed by atoms with Crippen molar-refractivity contribution in [3.8, 4) is 0 Å². The number of carbonyl (C=O) groups is 1. The van der Waals surface area contributed by atoms with Gasteiger partial charge >= 0.3 is 5.92 Å². The molecular weight excluding hydrogens is 304 g/mol. The van der Waals surface area contributed by atoms with Crippen LogP contribution in [0.25, 0.3) is 0 Å². The van der Waals surface area contributed by atoms with Gasteiger partial charge in [0, 0.05) is 19.1 Å². The van der Waals surface area contributed by atoms with Crippen LogP contribution in [0.5, 0.6) is 0 Å². The first kappa shape index (κ1) is 16.3. The minimum absolute atomic E-state index is 0.0351. The maximum atomic E-state index is 14.0. The largest absolute Gasteiger partial charge is 0.383 e. The van der Waals surface area contributed by atoms with Crippen molar-refractivity contribution in [2.24, 2.45) is 5.92 Å². The molecule has 2 fully saturated rings. The zero-order valence-electron chi connectivity index (χ0n) is 12.8. The average molecular weight is 325 g/mol. The fraction of sp³-hybridized carbons (Fsp3) is 0.588. The van der Waals surface area contributed by atoms with Crippen molar-refractivity contribution in [1.82, 2.24) is 5.32 Å². The van der Waals surface area contributed by atoms with Crippen molar-refractivity contribution < 1.29 is 23.4 Å². The molecule has 6 heteroatoms. The maximum Gasteiger partial charge on any atom is 0.352 e. The number of hydrogen-bond donors (Lipinski definition) is 2. The molecule has 0 spiro atoms. The average Bonchev–Trinajstić information content (AvgIpc) is 2.99. The Kier molecular flexibility index (Phi) is 4.38. The summed E-state index contributed by atoms with van der Waals surface area (Å²) in [5.74, 6) is -5.18. The summed E-state index contributed by atoms with van der Waals surface area (Å²) >= 11 is 0. The number of halogens is 2. The van der Waals surface area contributed by atoms with E-state index < -0.39 is 17.4 Å². The fourth-order valence-electron chi connectivity index (χ4n) is 3.23. The molecule has 3 rings (SSSR count). The van der Waals surface area contributed by atoms with Crippen molar-refractivity contribution >= 4 is 5.91 Å². The number of carbonyl (C=O) groups excluding carboxylic acids is 1. The van der Waals surface area contributed by atoms with Crippen molar-refractivity contribution in [2.75, 3.05) is 13.2 Å². The van der Waals surface area contributed by atoms with Crippen molar-refractivity contribution in [3.63, 3.8) is 0 Å². The molecule has 0 radical (unpaired) electrons. The third-order valence-electron chi connectivity index (χ3n) is 4.92. The summed E-state index contributed by atoms with van der Waals surface area (Å²) in [6.07, 6.45) is 0.956. The van der Waals surface area contributed by atoms with E-state index >= 15 is 0 Å². The highest BCUT2D eigenvalue weighted by molar-refractivity contribution is 5.85. The summed E-state index contributed by atoms with van der Waals surface area (Å²) in [6.45, 7) is 0.657. The summed E-state index contributed by atoms with van der Waals surface area (Å²) in [5.41, 5.74) is -1.20. The summed E-state index contributed by atoms with van der Waals surface area (Å²) in [6, 6.07) is 9.54. The number of ether oxygens (including phenoxy) is 1. The molecule has 2 atom stereocenters. The van der Waals surface area contributed by atoms with Gasteiger partial charge in [-0.3, -0.25) is 4.79 Å². The molecule has 1 amide bonds. The lowest BCUT2D eigenvalue weighted by Crippen LogP contribution is -2.61. The van der Waals surface area contributed by atoms with E-state index in [0.29, 0.717) is 19.4 Å². The van der Waals surface area contributed by atoms with Crippen LogP contribution in [0.2, 0.25) is 0 Å². The third-order valence-corrected chi connectivity index (χ3v) is 4.92. The van der Waals surface area contributed by atoms with E-state index in [9.17, 15) is 18.7 Å². The van der Waals surface area contributed by atoms with E-state index in [-0.39, 0.29) is 31.4 Å². The molecule has 1 aliphatic carbocycles. The Bertz CT molecular complexity index is 560. The smallest absolute Gasteiger partial charge is 0.352 e. The number of hydrogen-bond acceptors (Lipinski definition) is 3. The zero-order valence-corrected chi connectivity index (χ0v) is 12.8. The van der Waals surface area contributed by atoms with Crippen molar-refractivity contribution in [1.29, 1.82) is 0 Å². The molecule has 1 heterocycles. The van der Waals surface area contributed by atoms with Gasteiger partial charge in [-0.2, -0.15) is 8.78 Å². The number of nitrogens with one attached hydrogen (secondary N) is 1. The monoisotopic (exact) mass is 325 g/mol. The summed E-state index contributed by atoms with van der Waals surface area (Å²) in [7, 11) is 0. The van der Waals surface area contributed by atoms with Crippen LogP contribution < -0.4 is 5.32 Å². The SMILES string of the molecule is O=C(NCC1CCOC1c1ccccc1)C(F)(F)C1(O)CCC1. The van der Waals surface area contributed by atoms with Crippen LogP contribution >= 0.6 is 0 Å².